The molecule has 0 spiro atoms. The van der Waals surface area contributed by atoms with Gasteiger partial charge in [0.05, 0.1) is 7.11 Å². The third-order valence-corrected chi connectivity index (χ3v) is 3.60. The number of carbonyl (C=O) groups is 1. The third kappa shape index (κ3) is 8.19. The SMILES string of the molecule is COc1ccc(CCNC(N)=NCC(=O)NCc2ccccc2)cc1.I. The molecule has 0 bridgehead atoms. The molecule has 2 rings (SSSR count). The Morgan fingerprint density at radius 2 is 1.73 bits per heavy atom. The van der Waals surface area contributed by atoms with Gasteiger partial charge in [0, 0.05) is 13.1 Å². The standard InChI is InChI=1S/C19H24N4O2.HI/c1-25-17-9-7-15(8-10-17)11-12-21-19(20)23-14-18(24)22-13-16-5-3-2-4-6-16;/h2-10H,11-14H2,1H3,(H,22,24)(H3,20,21,23);1H. The van der Waals surface area contributed by atoms with Crippen molar-refractivity contribution in [3.8, 4) is 5.75 Å². The minimum absolute atomic E-state index is 0. The quantitative estimate of drug-likeness (QED) is 0.315. The average Bonchev–Trinajstić information content (AvgIpc) is 2.66. The van der Waals surface area contributed by atoms with Gasteiger partial charge in [0.2, 0.25) is 5.91 Å². The zero-order chi connectivity index (χ0) is 17.9. The Hall–Kier alpha value is -2.29. The maximum absolute atomic E-state index is 11.8. The number of carbonyl (C=O) groups excluding carboxylic acids is 1. The van der Waals surface area contributed by atoms with E-state index in [4.69, 9.17) is 10.5 Å². The van der Waals surface area contributed by atoms with Crippen molar-refractivity contribution in [2.24, 2.45) is 10.7 Å². The highest BCUT2D eigenvalue weighted by atomic mass is 127. The molecule has 0 aliphatic rings. The van der Waals surface area contributed by atoms with Crippen molar-refractivity contribution in [2.75, 3.05) is 20.2 Å². The first kappa shape index (κ1) is 21.8. The second-order valence-corrected chi connectivity index (χ2v) is 5.49. The van der Waals surface area contributed by atoms with E-state index >= 15 is 0 Å². The molecular formula is C19H25IN4O2. The van der Waals surface area contributed by atoms with Crippen LogP contribution in [0.4, 0.5) is 0 Å². The van der Waals surface area contributed by atoms with Crippen LogP contribution in [-0.4, -0.2) is 32.1 Å². The van der Waals surface area contributed by atoms with E-state index in [2.05, 4.69) is 15.6 Å². The van der Waals surface area contributed by atoms with Crippen LogP contribution in [-0.2, 0) is 17.8 Å². The Balaban J connectivity index is 0.00000338. The molecule has 0 heterocycles. The van der Waals surface area contributed by atoms with Crippen molar-refractivity contribution in [1.82, 2.24) is 10.6 Å². The molecular weight excluding hydrogens is 443 g/mol. The monoisotopic (exact) mass is 468 g/mol. The average molecular weight is 468 g/mol. The van der Waals surface area contributed by atoms with Crippen LogP contribution in [0.3, 0.4) is 0 Å². The Bertz CT molecular complexity index is 690. The summed E-state index contributed by atoms with van der Waals surface area (Å²) in [6.45, 7) is 1.14. The van der Waals surface area contributed by atoms with Crippen LogP contribution in [0, 0.1) is 0 Å². The number of methoxy groups -OCH3 is 1. The van der Waals surface area contributed by atoms with E-state index in [0.717, 1.165) is 17.7 Å². The summed E-state index contributed by atoms with van der Waals surface area (Å²) in [5, 5.41) is 5.81. The van der Waals surface area contributed by atoms with Crippen LogP contribution in [0.5, 0.6) is 5.75 Å². The molecule has 7 heteroatoms. The number of rotatable bonds is 8. The topological polar surface area (TPSA) is 88.7 Å². The smallest absolute Gasteiger partial charge is 0.242 e. The molecule has 0 saturated heterocycles. The predicted octanol–water partition coefficient (Wildman–Crippen LogP) is 2.08. The minimum atomic E-state index is -0.163. The van der Waals surface area contributed by atoms with Gasteiger partial charge >= 0.3 is 0 Å². The summed E-state index contributed by atoms with van der Waals surface area (Å²) >= 11 is 0. The zero-order valence-corrected chi connectivity index (χ0v) is 17.1. The fourth-order valence-corrected chi connectivity index (χ4v) is 2.19. The first-order valence-corrected chi connectivity index (χ1v) is 8.14. The molecule has 26 heavy (non-hydrogen) atoms. The molecule has 0 atom stereocenters. The maximum atomic E-state index is 11.8. The van der Waals surface area contributed by atoms with Crippen LogP contribution >= 0.6 is 24.0 Å². The van der Waals surface area contributed by atoms with Gasteiger partial charge in [0.1, 0.15) is 12.3 Å². The van der Waals surface area contributed by atoms with Crippen molar-refractivity contribution in [2.45, 2.75) is 13.0 Å². The third-order valence-electron chi connectivity index (χ3n) is 3.60. The summed E-state index contributed by atoms with van der Waals surface area (Å²) in [7, 11) is 1.64. The van der Waals surface area contributed by atoms with E-state index in [1.54, 1.807) is 7.11 Å². The van der Waals surface area contributed by atoms with E-state index in [9.17, 15) is 4.79 Å². The number of hydrogen-bond acceptors (Lipinski definition) is 3. The Labute approximate surface area is 171 Å². The predicted molar refractivity (Wildman–Crippen MR) is 115 cm³/mol. The van der Waals surface area contributed by atoms with E-state index < -0.39 is 0 Å². The van der Waals surface area contributed by atoms with Gasteiger partial charge < -0.3 is 21.1 Å². The number of halogens is 1. The van der Waals surface area contributed by atoms with Crippen LogP contribution in [0.15, 0.2) is 59.6 Å². The highest BCUT2D eigenvalue weighted by Crippen LogP contribution is 2.11. The fourth-order valence-electron chi connectivity index (χ4n) is 2.19. The lowest BCUT2D eigenvalue weighted by molar-refractivity contribution is -0.119. The molecule has 140 valence electrons. The number of guanidine groups is 1. The van der Waals surface area contributed by atoms with Gasteiger partial charge in [-0.2, -0.15) is 0 Å². The summed E-state index contributed by atoms with van der Waals surface area (Å²) < 4.78 is 5.12. The molecule has 2 aromatic carbocycles. The number of nitrogens with two attached hydrogens (primary N) is 1. The number of aliphatic imine (C=N–C) groups is 1. The lowest BCUT2D eigenvalue weighted by Gasteiger charge is -2.07. The van der Waals surface area contributed by atoms with Gasteiger partial charge in [-0.3, -0.25) is 4.79 Å². The Morgan fingerprint density at radius 3 is 2.38 bits per heavy atom. The van der Waals surface area contributed by atoms with Crippen molar-refractivity contribution in [3.63, 3.8) is 0 Å². The largest absolute Gasteiger partial charge is 0.497 e. The second kappa shape index (κ2) is 12.1. The maximum Gasteiger partial charge on any atom is 0.242 e. The molecule has 0 saturated carbocycles. The first-order chi connectivity index (χ1) is 12.2. The molecule has 0 unspecified atom stereocenters. The number of amides is 1. The molecule has 0 fully saturated rings. The molecule has 0 aliphatic carbocycles. The molecule has 0 radical (unpaired) electrons. The molecule has 6 nitrogen and oxygen atoms in total. The number of ether oxygens (including phenoxy) is 1. The van der Waals surface area contributed by atoms with Gasteiger partial charge in [-0.1, -0.05) is 42.5 Å². The molecule has 4 N–H and O–H groups in total. The van der Waals surface area contributed by atoms with Gasteiger partial charge in [0.15, 0.2) is 5.96 Å². The summed E-state index contributed by atoms with van der Waals surface area (Å²) in [6, 6.07) is 17.6. The van der Waals surface area contributed by atoms with Crippen molar-refractivity contribution in [3.05, 3.63) is 65.7 Å². The normalized spacial score (nSPS) is 10.6. The summed E-state index contributed by atoms with van der Waals surface area (Å²) in [5.74, 6) is 0.937. The number of nitrogens with zero attached hydrogens (tertiary/aromatic N) is 1. The lowest BCUT2D eigenvalue weighted by atomic mass is 10.1. The molecule has 0 aromatic heterocycles. The van der Waals surface area contributed by atoms with Gasteiger partial charge in [-0.05, 0) is 29.7 Å². The van der Waals surface area contributed by atoms with Crippen molar-refractivity contribution >= 4 is 35.8 Å². The summed E-state index contributed by atoms with van der Waals surface area (Å²) in [5.41, 5.74) is 7.99. The van der Waals surface area contributed by atoms with Gasteiger partial charge in [0.25, 0.3) is 0 Å². The van der Waals surface area contributed by atoms with Crippen LogP contribution < -0.4 is 21.1 Å². The lowest BCUT2D eigenvalue weighted by Crippen LogP contribution is -2.35. The van der Waals surface area contributed by atoms with E-state index in [1.807, 2.05) is 54.6 Å². The molecule has 0 aliphatic heterocycles. The molecule has 1 amide bonds. The van der Waals surface area contributed by atoms with Crippen LogP contribution in [0.1, 0.15) is 11.1 Å². The van der Waals surface area contributed by atoms with Crippen molar-refractivity contribution in [1.29, 1.82) is 0 Å². The van der Waals surface area contributed by atoms with E-state index in [1.165, 1.54) is 5.56 Å². The van der Waals surface area contributed by atoms with Gasteiger partial charge in [-0.15, -0.1) is 24.0 Å². The van der Waals surface area contributed by atoms with E-state index in [0.29, 0.717) is 13.1 Å². The minimum Gasteiger partial charge on any atom is -0.497 e. The zero-order valence-electron chi connectivity index (χ0n) is 14.8. The molecule has 2 aromatic rings. The first-order valence-electron chi connectivity index (χ1n) is 8.14. The number of benzene rings is 2. The number of hydrogen-bond donors (Lipinski definition) is 3. The number of nitrogens with one attached hydrogen (secondary N) is 2. The Kier molecular flexibility index (Phi) is 10.1. The summed E-state index contributed by atoms with van der Waals surface area (Å²) in [4.78, 5) is 15.8. The van der Waals surface area contributed by atoms with Crippen LogP contribution in [0.2, 0.25) is 0 Å². The van der Waals surface area contributed by atoms with Gasteiger partial charge in [-0.25, -0.2) is 4.99 Å². The highest BCUT2D eigenvalue weighted by molar-refractivity contribution is 14.0. The second-order valence-electron chi connectivity index (χ2n) is 5.49. The summed E-state index contributed by atoms with van der Waals surface area (Å²) in [6.07, 6.45) is 0.806. The highest BCUT2D eigenvalue weighted by Gasteiger charge is 2.01. The fraction of sp³-hybridized carbons (Fsp3) is 0.263. The van der Waals surface area contributed by atoms with Crippen LogP contribution in [0.25, 0.3) is 0 Å². The Morgan fingerprint density at radius 1 is 1.04 bits per heavy atom. The van der Waals surface area contributed by atoms with E-state index in [-0.39, 0.29) is 42.4 Å². The van der Waals surface area contributed by atoms with Crippen molar-refractivity contribution < 1.29 is 9.53 Å².